The van der Waals surface area contributed by atoms with E-state index in [-0.39, 0.29) is 0 Å². The van der Waals surface area contributed by atoms with Crippen LogP contribution in [0.15, 0.2) is 0 Å². The van der Waals surface area contributed by atoms with E-state index in [1.807, 2.05) is 7.05 Å². The Balaban J connectivity index is 2.68. The SMILES string of the molecule is CNCNC(C)I. The van der Waals surface area contributed by atoms with Crippen LogP contribution in [0.25, 0.3) is 0 Å². The van der Waals surface area contributed by atoms with Crippen molar-refractivity contribution >= 4 is 22.6 Å². The number of hydrogen-bond donors (Lipinski definition) is 2. The van der Waals surface area contributed by atoms with Gasteiger partial charge in [0, 0.05) is 6.67 Å². The summed E-state index contributed by atoms with van der Waals surface area (Å²) in [7, 11) is 1.92. The van der Waals surface area contributed by atoms with Crippen molar-refractivity contribution < 1.29 is 0 Å². The van der Waals surface area contributed by atoms with E-state index in [9.17, 15) is 0 Å². The van der Waals surface area contributed by atoms with E-state index in [0.29, 0.717) is 4.05 Å². The molecule has 0 radical (unpaired) electrons. The van der Waals surface area contributed by atoms with Gasteiger partial charge in [0.1, 0.15) is 0 Å². The molecule has 0 aliphatic heterocycles. The van der Waals surface area contributed by atoms with E-state index >= 15 is 0 Å². The molecule has 0 saturated heterocycles. The minimum Gasteiger partial charge on any atom is -0.308 e. The fourth-order valence-electron chi connectivity index (χ4n) is 0.243. The number of rotatable bonds is 3. The topological polar surface area (TPSA) is 24.1 Å². The van der Waals surface area contributed by atoms with E-state index in [0.717, 1.165) is 6.67 Å². The first kappa shape index (κ1) is 7.65. The van der Waals surface area contributed by atoms with E-state index in [4.69, 9.17) is 0 Å². The second kappa shape index (κ2) is 4.80. The van der Waals surface area contributed by atoms with Crippen molar-refractivity contribution in [1.82, 2.24) is 10.6 Å². The van der Waals surface area contributed by atoms with Gasteiger partial charge in [0.05, 0.1) is 4.05 Å². The molecule has 1 unspecified atom stereocenters. The quantitative estimate of drug-likeness (QED) is 0.310. The molecule has 0 aromatic heterocycles. The highest BCUT2D eigenvalue weighted by molar-refractivity contribution is 14.1. The van der Waals surface area contributed by atoms with Gasteiger partial charge in [-0.05, 0) is 14.0 Å². The number of nitrogens with one attached hydrogen (secondary N) is 2. The monoisotopic (exact) mass is 214 g/mol. The molecule has 7 heavy (non-hydrogen) atoms. The zero-order chi connectivity index (χ0) is 5.70. The Kier molecular flexibility index (Phi) is 5.25. The van der Waals surface area contributed by atoms with E-state index < -0.39 is 0 Å². The van der Waals surface area contributed by atoms with Crippen LogP contribution in [0.5, 0.6) is 0 Å². The standard InChI is InChI=1S/C4H11IN2/c1-4(5)7-3-6-2/h4,6-7H,3H2,1-2H3. The molecule has 0 fully saturated rings. The van der Waals surface area contributed by atoms with Crippen LogP contribution in [0, 0.1) is 0 Å². The zero-order valence-corrected chi connectivity index (χ0v) is 6.82. The highest BCUT2D eigenvalue weighted by Gasteiger charge is 1.86. The van der Waals surface area contributed by atoms with Gasteiger partial charge in [-0.1, -0.05) is 22.6 Å². The van der Waals surface area contributed by atoms with Gasteiger partial charge in [0.25, 0.3) is 0 Å². The first-order chi connectivity index (χ1) is 3.27. The van der Waals surface area contributed by atoms with Crippen LogP contribution in [0.2, 0.25) is 0 Å². The molecule has 44 valence electrons. The van der Waals surface area contributed by atoms with Gasteiger partial charge in [-0.15, -0.1) is 0 Å². The van der Waals surface area contributed by atoms with Gasteiger partial charge >= 0.3 is 0 Å². The maximum Gasteiger partial charge on any atom is 0.0574 e. The molecule has 0 aromatic carbocycles. The Hall–Kier alpha value is 0.650. The molecule has 0 heterocycles. The normalized spacial score (nSPS) is 14.1. The second-order valence-electron chi connectivity index (χ2n) is 1.35. The summed E-state index contributed by atoms with van der Waals surface area (Å²) in [5, 5.41) is 6.15. The summed E-state index contributed by atoms with van der Waals surface area (Å²) in [4.78, 5) is 0. The maximum atomic E-state index is 3.17. The van der Waals surface area contributed by atoms with Crippen LogP contribution in [0.4, 0.5) is 0 Å². The Bertz CT molecular complexity index is 38.7. The van der Waals surface area contributed by atoms with Crippen molar-refractivity contribution in [3.63, 3.8) is 0 Å². The third-order valence-corrected chi connectivity index (χ3v) is 1.00. The zero-order valence-electron chi connectivity index (χ0n) is 4.66. The molecule has 3 heteroatoms. The molecule has 0 aliphatic carbocycles. The lowest BCUT2D eigenvalue weighted by Gasteiger charge is -2.03. The minimum absolute atomic E-state index is 0.560. The van der Waals surface area contributed by atoms with Gasteiger partial charge in [0.2, 0.25) is 0 Å². The Morgan fingerprint density at radius 2 is 2.29 bits per heavy atom. The van der Waals surface area contributed by atoms with Gasteiger partial charge < -0.3 is 5.32 Å². The fourth-order valence-corrected chi connectivity index (χ4v) is 0.463. The molecule has 0 rings (SSSR count). The number of alkyl halides is 1. The lowest BCUT2D eigenvalue weighted by molar-refractivity contribution is 0.641. The summed E-state index contributed by atoms with van der Waals surface area (Å²) in [6, 6.07) is 0. The van der Waals surface area contributed by atoms with Crippen LogP contribution in [-0.4, -0.2) is 17.8 Å². The molecular formula is C4H11IN2. The van der Waals surface area contributed by atoms with Crippen molar-refractivity contribution in [2.24, 2.45) is 0 Å². The largest absolute Gasteiger partial charge is 0.308 e. The van der Waals surface area contributed by atoms with Gasteiger partial charge in [-0.3, -0.25) is 5.32 Å². The molecule has 0 aliphatic rings. The number of hydrogen-bond acceptors (Lipinski definition) is 2. The molecule has 0 bridgehead atoms. The van der Waals surface area contributed by atoms with Gasteiger partial charge in [-0.2, -0.15) is 0 Å². The lowest BCUT2D eigenvalue weighted by atomic mass is 10.7. The van der Waals surface area contributed by atoms with Gasteiger partial charge in [-0.25, -0.2) is 0 Å². The maximum absolute atomic E-state index is 3.17. The molecule has 1 atom stereocenters. The smallest absolute Gasteiger partial charge is 0.0574 e. The Labute approximate surface area is 58.2 Å². The summed E-state index contributed by atoms with van der Waals surface area (Å²) in [6.45, 7) is 3.00. The summed E-state index contributed by atoms with van der Waals surface area (Å²) >= 11 is 2.31. The molecular weight excluding hydrogens is 203 g/mol. The molecule has 0 saturated carbocycles. The molecule has 0 amide bonds. The van der Waals surface area contributed by atoms with Crippen LogP contribution in [-0.2, 0) is 0 Å². The summed E-state index contributed by atoms with van der Waals surface area (Å²) < 4.78 is 0.560. The van der Waals surface area contributed by atoms with Gasteiger partial charge in [0.15, 0.2) is 0 Å². The van der Waals surface area contributed by atoms with Crippen LogP contribution in [0.1, 0.15) is 6.92 Å². The fraction of sp³-hybridized carbons (Fsp3) is 1.00. The molecule has 2 nitrogen and oxygen atoms in total. The summed E-state index contributed by atoms with van der Waals surface area (Å²) in [6.07, 6.45) is 0. The van der Waals surface area contributed by atoms with Crippen molar-refractivity contribution in [3.05, 3.63) is 0 Å². The predicted octanol–water partition coefficient (Wildman–Crippen LogP) is 0.534. The summed E-state index contributed by atoms with van der Waals surface area (Å²) in [5.74, 6) is 0. The molecule has 2 N–H and O–H groups in total. The van der Waals surface area contributed by atoms with Crippen LogP contribution in [0.3, 0.4) is 0 Å². The molecule has 0 aromatic rings. The van der Waals surface area contributed by atoms with E-state index in [1.165, 1.54) is 0 Å². The Morgan fingerprint density at radius 3 is 2.43 bits per heavy atom. The third kappa shape index (κ3) is 6.65. The summed E-state index contributed by atoms with van der Waals surface area (Å²) in [5.41, 5.74) is 0. The van der Waals surface area contributed by atoms with Crippen molar-refractivity contribution in [2.75, 3.05) is 13.7 Å². The van der Waals surface area contributed by atoms with Crippen LogP contribution < -0.4 is 10.6 Å². The Morgan fingerprint density at radius 1 is 1.71 bits per heavy atom. The van der Waals surface area contributed by atoms with Crippen molar-refractivity contribution in [1.29, 1.82) is 0 Å². The lowest BCUT2D eigenvalue weighted by Crippen LogP contribution is -2.29. The average Bonchev–Trinajstić information content (AvgIpc) is 1.61. The van der Waals surface area contributed by atoms with Crippen molar-refractivity contribution in [2.45, 2.75) is 11.0 Å². The highest BCUT2D eigenvalue weighted by atomic mass is 127. The van der Waals surface area contributed by atoms with Crippen LogP contribution >= 0.6 is 22.6 Å². The third-order valence-electron chi connectivity index (χ3n) is 0.560. The second-order valence-corrected chi connectivity index (χ2v) is 3.22. The first-order valence-corrected chi connectivity index (χ1v) is 3.54. The van der Waals surface area contributed by atoms with E-state index in [2.05, 4.69) is 40.1 Å². The first-order valence-electron chi connectivity index (χ1n) is 2.29. The number of halogens is 1. The predicted molar refractivity (Wildman–Crippen MR) is 40.5 cm³/mol. The highest BCUT2D eigenvalue weighted by Crippen LogP contribution is 1.88. The molecule has 0 spiro atoms. The van der Waals surface area contributed by atoms with E-state index in [1.54, 1.807) is 0 Å². The average molecular weight is 214 g/mol. The van der Waals surface area contributed by atoms with Crippen molar-refractivity contribution in [3.8, 4) is 0 Å². The minimum atomic E-state index is 0.560.